The Kier molecular flexibility index (Phi) is 3.97. The molecule has 24 heavy (non-hydrogen) atoms. The molecule has 1 N–H and O–H groups in total. The molecule has 1 aromatic heterocycles. The van der Waals surface area contributed by atoms with Gasteiger partial charge in [0.1, 0.15) is 0 Å². The van der Waals surface area contributed by atoms with E-state index in [2.05, 4.69) is 10.1 Å². The minimum absolute atomic E-state index is 0.0817. The van der Waals surface area contributed by atoms with Crippen molar-refractivity contribution in [2.24, 2.45) is 5.10 Å². The van der Waals surface area contributed by atoms with E-state index in [4.69, 9.17) is 11.6 Å². The number of hydrogen-bond donors (Lipinski definition) is 1. The van der Waals surface area contributed by atoms with Crippen LogP contribution in [0.2, 0.25) is 5.02 Å². The van der Waals surface area contributed by atoms with E-state index in [0.717, 1.165) is 6.07 Å². The van der Waals surface area contributed by atoms with Crippen LogP contribution < -0.4 is 11.2 Å². The monoisotopic (exact) mass is 344 g/mol. The van der Waals surface area contributed by atoms with Crippen LogP contribution in [-0.4, -0.2) is 20.8 Å². The van der Waals surface area contributed by atoms with Crippen LogP contribution in [-0.2, 0) is 0 Å². The van der Waals surface area contributed by atoms with E-state index >= 15 is 0 Å². The van der Waals surface area contributed by atoms with Gasteiger partial charge in [-0.15, -0.1) is 4.68 Å². The minimum atomic E-state index is -0.701. The molecule has 0 radical (unpaired) electrons. The Morgan fingerprint density at radius 2 is 1.96 bits per heavy atom. The summed E-state index contributed by atoms with van der Waals surface area (Å²) in [5.41, 5.74) is -0.705. The van der Waals surface area contributed by atoms with Crippen LogP contribution in [0.1, 0.15) is 5.56 Å². The van der Waals surface area contributed by atoms with Gasteiger partial charge in [0.05, 0.1) is 27.1 Å². The predicted molar refractivity (Wildman–Crippen MR) is 89.9 cm³/mol. The zero-order valence-electron chi connectivity index (χ0n) is 12.0. The number of hydrogen-bond acceptors (Lipinski definition) is 5. The number of aromatic amines is 1. The second-order valence-electron chi connectivity index (χ2n) is 4.80. The summed E-state index contributed by atoms with van der Waals surface area (Å²) in [5.74, 6) is 0. The SMILES string of the molecule is O=c1[nH]c2ccccc2c(=O)n1N=Cc1ccc([N+](=O)[O-])cc1Cl. The van der Waals surface area contributed by atoms with Crippen molar-refractivity contribution in [1.29, 1.82) is 0 Å². The summed E-state index contributed by atoms with van der Waals surface area (Å²) >= 11 is 5.95. The van der Waals surface area contributed by atoms with Gasteiger partial charge in [0.2, 0.25) is 0 Å². The Labute approximate surface area is 138 Å². The summed E-state index contributed by atoms with van der Waals surface area (Å²) in [6.07, 6.45) is 1.19. The predicted octanol–water partition coefficient (Wildman–Crippen LogP) is 2.13. The molecule has 1 heterocycles. The molecule has 0 saturated carbocycles. The third kappa shape index (κ3) is 2.82. The number of non-ortho nitro benzene ring substituents is 1. The van der Waals surface area contributed by atoms with Gasteiger partial charge in [0.25, 0.3) is 11.2 Å². The molecule has 0 saturated heterocycles. The first kappa shape index (κ1) is 15.6. The number of benzene rings is 2. The van der Waals surface area contributed by atoms with Crippen molar-refractivity contribution in [3.63, 3.8) is 0 Å². The van der Waals surface area contributed by atoms with Crippen molar-refractivity contribution in [3.8, 4) is 0 Å². The first-order valence-corrected chi connectivity index (χ1v) is 7.07. The maximum atomic E-state index is 12.3. The highest BCUT2D eigenvalue weighted by molar-refractivity contribution is 6.33. The number of aromatic nitrogens is 2. The Morgan fingerprint density at radius 1 is 1.21 bits per heavy atom. The number of H-pyrrole nitrogens is 1. The lowest BCUT2D eigenvalue weighted by Crippen LogP contribution is -2.32. The summed E-state index contributed by atoms with van der Waals surface area (Å²) in [6.45, 7) is 0. The molecule has 0 atom stereocenters. The average molecular weight is 345 g/mol. The molecule has 2 aromatic carbocycles. The van der Waals surface area contributed by atoms with Crippen molar-refractivity contribution < 1.29 is 4.92 Å². The number of nitro groups is 1. The lowest BCUT2D eigenvalue weighted by molar-refractivity contribution is -0.384. The van der Waals surface area contributed by atoms with E-state index in [1.165, 1.54) is 18.3 Å². The van der Waals surface area contributed by atoms with E-state index in [9.17, 15) is 19.7 Å². The number of para-hydroxylation sites is 1. The molecular weight excluding hydrogens is 336 g/mol. The second-order valence-corrected chi connectivity index (χ2v) is 5.21. The van der Waals surface area contributed by atoms with Gasteiger partial charge in [-0.2, -0.15) is 5.10 Å². The number of nitro benzene ring substituents is 1. The molecule has 0 spiro atoms. The zero-order valence-corrected chi connectivity index (χ0v) is 12.7. The van der Waals surface area contributed by atoms with Gasteiger partial charge in [0.15, 0.2) is 0 Å². The molecule has 0 unspecified atom stereocenters. The van der Waals surface area contributed by atoms with E-state index in [1.54, 1.807) is 24.3 Å². The average Bonchev–Trinajstić information content (AvgIpc) is 2.55. The van der Waals surface area contributed by atoms with Crippen LogP contribution in [0.25, 0.3) is 10.9 Å². The molecule has 9 heteroatoms. The Balaban J connectivity index is 2.07. The van der Waals surface area contributed by atoms with Gasteiger partial charge in [-0.05, 0) is 18.2 Å². The fourth-order valence-corrected chi connectivity index (χ4v) is 2.34. The van der Waals surface area contributed by atoms with Crippen LogP contribution in [0.15, 0.2) is 57.2 Å². The van der Waals surface area contributed by atoms with Gasteiger partial charge in [-0.25, -0.2) is 4.79 Å². The van der Waals surface area contributed by atoms with Crippen molar-refractivity contribution in [3.05, 3.63) is 84.0 Å². The molecule has 8 nitrogen and oxygen atoms in total. The Bertz CT molecular complexity index is 1100. The summed E-state index contributed by atoms with van der Waals surface area (Å²) in [6, 6.07) is 10.3. The van der Waals surface area contributed by atoms with Gasteiger partial charge < -0.3 is 4.98 Å². The highest BCUT2D eigenvalue weighted by atomic mass is 35.5. The number of nitrogens with one attached hydrogen (secondary N) is 1. The summed E-state index contributed by atoms with van der Waals surface area (Å²) in [7, 11) is 0. The Morgan fingerprint density at radius 3 is 2.67 bits per heavy atom. The molecule has 0 amide bonds. The molecule has 120 valence electrons. The van der Waals surface area contributed by atoms with E-state index in [-0.39, 0.29) is 10.7 Å². The minimum Gasteiger partial charge on any atom is -0.305 e. The van der Waals surface area contributed by atoms with E-state index < -0.39 is 16.2 Å². The van der Waals surface area contributed by atoms with E-state index in [0.29, 0.717) is 21.1 Å². The number of nitrogens with zero attached hydrogens (tertiary/aromatic N) is 3. The standard InChI is InChI=1S/C15H9ClN4O4/c16-12-7-10(20(23)24)6-5-9(12)8-17-19-14(21)11-3-1-2-4-13(11)18-15(19)22/h1-8H,(H,18,22). The molecule has 0 fully saturated rings. The van der Waals surface area contributed by atoms with Gasteiger partial charge in [0, 0.05) is 17.7 Å². The van der Waals surface area contributed by atoms with Crippen molar-refractivity contribution >= 4 is 34.4 Å². The quantitative estimate of drug-likeness (QED) is 0.445. The molecule has 0 aliphatic heterocycles. The second kappa shape index (κ2) is 6.09. The van der Waals surface area contributed by atoms with Crippen molar-refractivity contribution in [2.75, 3.05) is 0 Å². The maximum absolute atomic E-state index is 12.3. The number of rotatable bonds is 3. The van der Waals surface area contributed by atoms with Crippen LogP contribution in [0.4, 0.5) is 5.69 Å². The highest BCUT2D eigenvalue weighted by Gasteiger charge is 2.09. The molecule has 3 rings (SSSR count). The Hall–Kier alpha value is -3.26. The normalized spacial score (nSPS) is 11.2. The van der Waals surface area contributed by atoms with Crippen molar-refractivity contribution in [2.45, 2.75) is 0 Å². The topological polar surface area (TPSA) is 110 Å². The van der Waals surface area contributed by atoms with E-state index in [1.807, 2.05) is 0 Å². The number of fused-ring (bicyclic) bond motifs is 1. The lowest BCUT2D eigenvalue weighted by atomic mass is 10.2. The largest absolute Gasteiger partial charge is 0.349 e. The number of halogens is 1. The summed E-state index contributed by atoms with van der Waals surface area (Å²) in [4.78, 5) is 36.9. The van der Waals surface area contributed by atoms with Gasteiger partial charge >= 0.3 is 5.69 Å². The van der Waals surface area contributed by atoms with Crippen LogP contribution in [0, 0.1) is 10.1 Å². The molecule has 0 aliphatic rings. The fourth-order valence-electron chi connectivity index (χ4n) is 2.11. The fraction of sp³-hybridized carbons (Fsp3) is 0. The lowest BCUT2D eigenvalue weighted by Gasteiger charge is -2.01. The summed E-state index contributed by atoms with van der Waals surface area (Å²) < 4.78 is 0.667. The molecule has 3 aromatic rings. The highest BCUT2D eigenvalue weighted by Crippen LogP contribution is 2.21. The first-order valence-electron chi connectivity index (χ1n) is 6.70. The molecule has 0 bridgehead atoms. The third-order valence-electron chi connectivity index (χ3n) is 3.29. The van der Waals surface area contributed by atoms with Crippen molar-refractivity contribution in [1.82, 2.24) is 9.66 Å². The van der Waals surface area contributed by atoms with Gasteiger partial charge in [-0.1, -0.05) is 23.7 Å². The third-order valence-corrected chi connectivity index (χ3v) is 3.62. The van der Waals surface area contributed by atoms with Crippen LogP contribution in [0.3, 0.4) is 0 Å². The zero-order chi connectivity index (χ0) is 17.3. The van der Waals surface area contributed by atoms with Crippen LogP contribution in [0.5, 0.6) is 0 Å². The first-order chi connectivity index (χ1) is 11.5. The van der Waals surface area contributed by atoms with Crippen LogP contribution >= 0.6 is 11.6 Å². The van der Waals surface area contributed by atoms with Gasteiger partial charge in [-0.3, -0.25) is 14.9 Å². The smallest absolute Gasteiger partial charge is 0.305 e. The molecular formula is C15H9ClN4O4. The molecule has 0 aliphatic carbocycles. The summed E-state index contributed by atoms with van der Waals surface area (Å²) in [5, 5.41) is 14.9. The maximum Gasteiger partial charge on any atom is 0.349 e.